The summed E-state index contributed by atoms with van der Waals surface area (Å²) in [5.74, 6) is 0.0174. The summed E-state index contributed by atoms with van der Waals surface area (Å²) in [5.41, 5.74) is 0.809. The van der Waals surface area contributed by atoms with Crippen LogP contribution in [0, 0.1) is 10.1 Å². The number of nitrogens with zero attached hydrogens (tertiary/aromatic N) is 2. The van der Waals surface area contributed by atoms with Gasteiger partial charge in [-0.3, -0.25) is 24.6 Å². The third kappa shape index (κ3) is 5.14. The number of amides is 2. The third-order valence-electron chi connectivity index (χ3n) is 5.23. The van der Waals surface area contributed by atoms with Crippen LogP contribution in [0.15, 0.2) is 35.0 Å². The summed E-state index contributed by atoms with van der Waals surface area (Å²) < 4.78 is 5.20. The fourth-order valence-corrected chi connectivity index (χ4v) is 4.04. The number of nitrogens with one attached hydrogen (secondary N) is 2. The molecule has 9 nitrogen and oxygen atoms in total. The quantitative estimate of drug-likeness (QED) is 0.514. The van der Waals surface area contributed by atoms with Gasteiger partial charge in [-0.2, -0.15) is 11.3 Å². The number of hydrogen-bond donors (Lipinski definition) is 2. The van der Waals surface area contributed by atoms with Crippen molar-refractivity contribution in [1.82, 2.24) is 10.2 Å². The zero-order valence-corrected chi connectivity index (χ0v) is 17.6. The van der Waals surface area contributed by atoms with Crippen LogP contribution in [0.25, 0.3) is 0 Å². The van der Waals surface area contributed by atoms with Gasteiger partial charge in [0, 0.05) is 42.2 Å². The van der Waals surface area contributed by atoms with E-state index in [2.05, 4.69) is 10.6 Å². The molecule has 2 N–H and O–H groups in total. The Morgan fingerprint density at radius 1 is 1.30 bits per heavy atom. The zero-order valence-electron chi connectivity index (χ0n) is 16.8. The van der Waals surface area contributed by atoms with Crippen LogP contribution in [0.5, 0.6) is 5.75 Å². The smallest absolute Gasteiger partial charge is 0.271 e. The number of non-ortho nitro benzene ring substituents is 1. The van der Waals surface area contributed by atoms with E-state index in [0.29, 0.717) is 24.4 Å². The second-order valence-electron chi connectivity index (χ2n) is 7.10. The van der Waals surface area contributed by atoms with Crippen LogP contribution in [0.3, 0.4) is 0 Å². The molecule has 0 saturated carbocycles. The van der Waals surface area contributed by atoms with Gasteiger partial charge in [-0.15, -0.1) is 0 Å². The summed E-state index contributed by atoms with van der Waals surface area (Å²) in [4.78, 5) is 37.5. The van der Waals surface area contributed by atoms with E-state index in [1.807, 2.05) is 15.7 Å². The molecule has 1 fully saturated rings. The molecule has 10 heteroatoms. The van der Waals surface area contributed by atoms with Gasteiger partial charge in [0.2, 0.25) is 5.91 Å². The van der Waals surface area contributed by atoms with Crippen molar-refractivity contribution >= 4 is 34.5 Å². The normalized spacial score (nSPS) is 15.9. The summed E-state index contributed by atoms with van der Waals surface area (Å²) in [7, 11) is 1.44. The van der Waals surface area contributed by atoms with E-state index in [1.165, 1.54) is 36.6 Å². The number of nitro groups is 1. The molecule has 1 aliphatic rings. The van der Waals surface area contributed by atoms with Gasteiger partial charge >= 0.3 is 0 Å². The Kier molecular flexibility index (Phi) is 7.01. The van der Waals surface area contributed by atoms with Gasteiger partial charge in [0.25, 0.3) is 11.6 Å². The molecule has 0 spiro atoms. The van der Waals surface area contributed by atoms with Crippen LogP contribution in [0.4, 0.5) is 11.4 Å². The zero-order chi connectivity index (χ0) is 21.7. The van der Waals surface area contributed by atoms with Crippen molar-refractivity contribution in [3.05, 3.63) is 50.7 Å². The maximum absolute atomic E-state index is 12.7. The number of benzene rings is 1. The largest absolute Gasteiger partial charge is 0.495 e. The van der Waals surface area contributed by atoms with E-state index < -0.39 is 11.0 Å². The predicted octanol–water partition coefficient (Wildman–Crippen LogP) is 2.89. The maximum Gasteiger partial charge on any atom is 0.271 e. The molecule has 0 radical (unpaired) electrons. The molecule has 1 atom stereocenters. The molecule has 2 heterocycles. The molecule has 1 saturated heterocycles. The summed E-state index contributed by atoms with van der Waals surface area (Å²) in [5, 5.41) is 20.5. The number of methoxy groups -OCH3 is 1. The van der Waals surface area contributed by atoms with Crippen LogP contribution in [-0.4, -0.2) is 53.9 Å². The van der Waals surface area contributed by atoms with Gasteiger partial charge < -0.3 is 15.4 Å². The number of thiophene rings is 1. The summed E-state index contributed by atoms with van der Waals surface area (Å²) >= 11 is 1.48. The molecule has 1 aromatic carbocycles. The van der Waals surface area contributed by atoms with E-state index in [1.54, 1.807) is 13.0 Å². The Balaban J connectivity index is 1.55. The molecular formula is C20H24N4O5S. The standard InChI is InChI=1S/C20H24N4O5S/c1-13(19(25)22-17-11-16(24(27)28)3-4-18(17)29-2)23-8-5-15(6-9-23)21-20(26)14-7-10-30-12-14/h3-4,7,10-13,15H,5-6,8-9H2,1-2H3,(H,21,26)(H,22,25). The molecule has 2 amide bonds. The van der Waals surface area contributed by atoms with Gasteiger partial charge in [0.1, 0.15) is 5.75 Å². The topological polar surface area (TPSA) is 114 Å². The van der Waals surface area contributed by atoms with Gasteiger partial charge in [-0.05, 0) is 37.3 Å². The minimum Gasteiger partial charge on any atom is -0.495 e. The lowest BCUT2D eigenvalue weighted by Crippen LogP contribution is -2.50. The number of piperidine rings is 1. The van der Waals surface area contributed by atoms with Crippen molar-refractivity contribution < 1.29 is 19.2 Å². The van der Waals surface area contributed by atoms with Crippen molar-refractivity contribution in [3.8, 4) is 5.75 Å². The molecule has 3 rings (SSSR count). The number of hydrogen-bond acceptors (Lipinski definition) is 7. The van der Waals surface area contributed by atoms with Gasteiger partial charge in [0.15, 0.2) is 0 Å². The molecule has 160 valence electrons. The molecule has 1 unspecified atom stereocenters. The van der Waals surface area contributed by atoms with Gasteiger partial charge in [-0.1, -0.05) is 0 Å². The average Bonchev–Trinajstić information content (AvgIpc) is 3.28. The first-order valence-corrected chi connectivity index (χ1v) is 10.5. The Morgan fingerprint density at radius 2 is 2.03 bits per heavy atom. The lowest BCUT2D eigenvalue weighted by molar-refractivity contribution is -0.384. The molecule has 1 aliphatic heterocycles. The highest BCUT2D eigenvalue weighted by Crippen LogP contribution is 2.29. The Hall–Kier alpha value is -2.98. The SMILES string of the molecule is COc1ccc([N+](=O)[O-])cc1NC(=O)C(C)N1CCC(NC(=O)c2ccsc2)CC1. The van der Waals surface area contributed by atoms with E-state index in [-0.39, 0.29) is 29.2 Å². The van der Waals surface area contributed by atoms with Crippen molar-refractivity contribution in [2.75, 3.05) is 25.5 Å². The lowest BCUT2D eigenvalue weighted by Gasteiger charge is -2.35. The Labute approximate surface area is 178 Å². The van der Waals surface area contributed by atoms with Crippen LogP contribution >= 0.6 is 11.3 Å². The second-order valence-corrected chi connectivity index (χ2v) is 7.88. The van der Waals surface area contributed by atoms with Crippen molar-refractivity contribution in [2.24, 2.45) is 0 Å². The van der Waals surface area contributed by atoms with Crippen molar-refractivity contribution in [2.45, 2.75) is 31.8 Å². The monoisotopic (exact) mass is 432 g/mol. The molecule has 2 aromatic rings. The molecule has 30 heavy (non-hydrogen) atoms. The first-order chi connectivity index (χ1) is 14.4. The van der Waals surface area contributed by atoms with Crippen LogP contribution in [0.1, 0.15) is 30.1 Å². The summed E-state index contributed by atoms with van der Waals surface area (Å²) in [6.07, 6.45) is 1.49. The van der Waals surface area contributed by atoms with E-state index in [4.69, 9.17) is 4.74 Å². The first-order valence-electron chi connectivity index (χ1n) is 9.59. The van der Waals surface area contributed by atoms with Crippen LogP contribution in [-0.2, 0) is 4.79 Å². The number of likely N-dealkylation sites (tertiary alicyclic amines) is 1. The highest BCUT2D eigenvalue weighted by Gasteiger charge is 2.28. The van der Waals surface area contributed by atoms with Gasteiger partial charge in [-0.25, -0.2) is 0 Å². The number of rotatable bonds is 7. The molecule has 1 aromatic heterocycles. The number of carbonyl (C=O) groups is 2. The minimum absolute atomic E-state index is 0.0702. The second kappa shape index (κ2) is 9.68. The van der Waals surface area contributed by atoms with Crippen molar-refractivity contribution in [3.63, 3.8) is 0 Å². The highest BCUT2D eigenvalue weighted by molar-refractivity contribution is 7.08. The Morgan fingerprint density at radius 3 is 2.63 bits per heavy atom. The number of nitro benzene ring substituents is 1. The number of ether oxygens (including phenoxy) is 1. The molecular weight excluding hydrogens is 408 g/mol. The predicted molar refractivity (Wildman–Crippen MR) is 114 cm³/mol. The maximum atomic E-state index is 12.7. The number of anilines is 1. The van der Waals surface area contributed by atoms with E-state index in [0.717, 1.165) is 12.8 Å². The van der Waals surface area contributed by atoms with Crippen LogP contribution in [0.2, 0.25) is 0 Å². The summed E-state index contributed by atoms with van der Waals surface area (Å²) in [6, 6.07) is 5.51. The minimum atomic E-state index is -0.520. The highest BCUT2D eigenvalue weighted by atomic mass is 32.1. The van der Waals surface area contributed by atoms with Crippen molar-refractivity contribution in [1.29, 1.82) is 0 Å². The van der Waals surface area contributed by atoms with E-state index in [9.17, 15) is 19.7 Å². The van der Waals surface area contributed by atoms with Crippen LogP contribution < -0.4 is 15.4 Å². The number of carbonyl (C=O) groups excluding carboxylic acids is 2. The lowest BCUT2D eigenvalue weighted by atomic mass is 10.0. The fourth-order valence-electron chi connectivity index (χ4n) is 3.40. The average molecular weight is 433 g/mol. The third-order valence-corrected chi connectivity index (χ3v) is 5.91. The molecule has 0 bridgehead atoms. The van der Waals surface area contributed by atoms with Gasteiger partial charge in [0.05, 0.1) is 23.8 Å². The fraction of sp³-hybridized carbons (Fsp3) is 0.400. The molecule has 0 aliphatic carbocycles. The Bertz CT molecular complexity index is 910. The summed E-state index contributed by atoms with van der Waals surface area (Å²) in [6.45, 7) is 3.12. The van der Waals surface area contributed by atoms with E-state index >= 15 is 0 Å². The first kappa shape index (κ1) is 21.7.